The number of carbonyl (C=O) groups excluding carboxylic acids is 1. The van der Waals surface area contributed by atoms with Crippen LogP contribution in [0.25, 0.3) is 11.4 Å². The molecule has 0 fully saturated rings. The van der Waals surface area contributed by atoms with Crippen molar-refractivity contribution < 1.29 is 24.2 Å². The van der Waals surface area contributed by atoms with E-state index in [1.54, 1.807) is 51.1 Å². The molecule has 0 saturated heterocycles. The van der Waals surface area contributed by atoms with Crippen LogP contribution < -0.4 is 9.47 Å². The molecule has 9 heteroatoms. The highest BCUT2D eigenvalue weighted by molar-refractivity contribution is 5.87. The fraction of sp³-hybridized carbons (Fsp3) is 0.286. The highest BCUT2D eigenvalue weighted by Gasteiger charge is 2.25. The monoisotopic (exact) mass is 410 g/mol. The number of ether oxygens (including phenoxy) is 2. The smallest absolute Gasteiger partial charge is 0.335 e. The molecule has 0 aliphatic carbocycles. The Kier molecular flexibility index (Phi) is 5.81. The molecular formula is C21H22N4O5. The molecule has 1 heterocycles. The fourth-order valence-corrected chi connectivity index (χ4v) is 2.49. The van der Waals surface area contributed by atoms with Crippen molar-refractivity contribution in [3.8, 4) is 22.9 Å². The van der Waals surface area contributed by atoms with Crippen LogP contribution in [0.1, 0.15) is 36.7 Å². The van der Waals surface area contributed by atoms with E-state index in [9.17, 15) is 9.59 Å². The molecule has 0 saturated carbocycles. The molecule has 0 aliphatic heterocycles. The first-order valence-electron chi connectivity index (χ1n) is 9.18. The molecule has 1 aromatic heterocycles. The number of benzene rings is 2. The van der Waals surface area contributed by atoms with Gasteiger partial charge < -0.3 is 14.6 Å². The molecule has 0 radical (unpaired) electrons. The Morgan fingerprint density at radius 3 is 2.37 bits per heavy atom. The number of carboxylic acids is 1. The predicted octanol–water partition coefficient (Wildman–Crippen LogP) is 3.05. The van der Waals surface area contributed by atoms with Crippen molar-refractivity contribution in [2.45, 2.75) is 27.3 Å². The summed E-state index contributed by atoms with van der Waals surface area (Å²) in [6.45, 7) is 5.65. The third-order valence-corrected chi connectivity index (χ3v) is 4.21. The van der Waals surface area contributed by atoms with Gasteiger partial charge in [0.05, 0.1) is 24.6 Å². The molecule has 3 aromatic rings. The van der Waals surface area contributed by atoms with Crippen LogP contribution in [-0.4, -0.2) is 44.4 Å². The molecule has 0 amide bonds. The van der Waals surface area contributed by atoms with Crippen LogP contribution in [0.4, 0.5) is 0 Å². The highest BCUT2D eigenvalue weighted by Crippen LogP contribution is 2.32. The van der Waals surface area contributed by atoms with Gasteiger partial charge in [0.25, 0.3) is 0 Å². The summed E-state index contributed by atoms with van der Waals surface area (Å²) in [6, 6.07) is 11.5. The maximum Gasteiger partial charge on any atom is 0.335 e. The zero-order chi connectivity index (χ0) is 21.9. The number of aromatic nitrogens is 4. The first kappa shape index (κ1) is 21.0. The van der Waals surface area contributed by atoms with E-state index in [2.05, 4.69) is 15.4 Å². The van der Waals surface area contributed by atoms with Crippen molar-refractivity contribution in [1.29, 1.82) is 0 Å². The first-order valence-corrected chi connectivity index (χ1v) is 9.18. The van der Waals surface area contributed by atoms with E-state index < -0.39 is 11.4 Å². The third-order valence-electron chi connectivity index (χ3n) is 4.21. The average molecular weight is 410 g/mol. The largest absolute Gasteiger partial charge is 0.493 e. The van der Waals surface area contributed by atoms with E-state index in [0.717, 1.165) is 5.56 Å². The minimum Gasteiger partial charge on any atom is -0.493 e. The molecule has 1 N–H and O–H groups in total. The summed E-state index contributed by atoms with van der Waals surface area (Å²) in [6.07, 6.45) is 0. The SMILES string of the molecule is COc1cc(-c2nnn(Cc3ccc(C(=O)O)cc3)n2)ccc1OC(=O)C(C)(C)C. The second-order valence-electron chi connectivity index (χ2n) is 7.65. The van der Waals surface area contributed by atoms with Crippen LogP contribution in [0.2, 0.25) is 0 Å². The molecule has 2 aromatic carbocycles. The number of carboxylic acid groups (broad SMARTS) is 1. The summed E-state index contributed by atoms with van der Waals surface area (Å²) < 4.78 is 10.8. The Labute approximate surface area is 173 Å². The van der Waals surface area contributed by atoms with Gasteiger partial charge in [-0.25, -0.2) is 4.79 Å². The average Bonchev–Trinajstić information content (AvgIpc) is 3.16. The number of hydrogen-bond donors (Lipinski definition) is 1. The topological polar surface area (TPSA) is 116 Å². The summed E-state index contributed by atoms with van der Waals surface area (Å²) in [7, 11) is 1.48. The lowest BCUT2D eigenvalue weighted by atomic mass is 9.97. The molecule has 0 aliphatic rings. The van der Waals surface area contributed by atoms with Crippen LogP contribution in [0, 0.1) is 5.41 Å². The standard InChI is InChI=1S/C21H22N4O5/c1-21(2,3)20(28)30-16-10-9-15(11-17(16)29-4)18-22-24-25(23-18)12-13-5-7-14(8-6-13)19(26)27/h5-11H,12H2,1-4H3,(H,26,27). The number of carbonyl (C=O) groups is 2. The molecule has 9 nitrogen and oxygen atoms in total. The van der Waals surface area contributed by atoms with Gasteiger partial charge in [0.15, 0.2) is 11.5 Å². The van der Waals surface area contributed by atoms with E-state index >= 15 is 0 Å². The Bertz CT molecular complexity index is 1070. The zero-order valence-corrected chi connectivity index (χ0v) is 17.1. The van der Waals surface area contributed by atoms with Crippen LogP contribution in [0.5, 0.6) is 11.5 Å². The van der Waals surface area contributed by atoms with Gasteiger partial charge in [-0.1, -0.05) is 12.1 Å². The van der Waals surface area contributed by atoms with Crippen molar-refractivity contribution in [3.63, 3.8) is 0 Å². The second kappa shape index (κ2) is 8.32. The van der Waals surface area contributed by atoms with Gasteiger partial charge in [0, 0.05) is 5.56 Å². The van der Waals surface area contributed by atoms with Gasteiger partial charge in [-0.3, -0.25) is 4.79 Å². The van der Waals surface area contributed by atoms with Gasteiger partial charge in [-0.2, -0.15) is 4.80 Å². The van der Waals surface area contributed by atoms with Gasteiger partial charge in [-0.05, 0) is 61.9 Å². The number of nitrogens with zero attached hydrogens (tertiary/aromatic N) is 4. The van der Waals surface area contributed by atoms with Crippen LogP contribution in [0.15, 0.2) is 42.5 Å². The van der Waals surface area contributed by atoms with E-state index in [1.807, 2.05) is 0 Å². The minimum absolute atomic E-state index is 0.213. The number of rotatable bonds is 6. The molecular weight excluding hydrogens is 388 g/mol. The minimum atomic E-state index is -0.978. The first-order chi connectivity index (χ1) is 14.2. The van der Waals surface area contributed by atoms with Crippen LogP contribution in [0.3, 0.4) is 0 Å². The lowest BCUT2D eigenvalue weighted by molar-refractivity contribution is -0.143. The van der Waals surface area contributed by atoms with E-state index in [4.69, 9.17) is 14.6 Å². The van der Waals surface area contributed by atoms with Crippen LogP contribution >= 0.6 is 0 Å². The van der Waals surface area contributed by atoms with E-state index in [0.29, 0.717) is 29.4 Å². The Morgan fingerprint density at radius 1 is 1.07 bits per heavy atom. The van der Waals surface area contributed by atoms with Crippen LogP contribution in [-0.2, 0) is 11.3 Å². The van der Waals surface area contributed by atoms with Gasteiger partial charge in [0.2, 0.25) is 5.82 Å². The van der Waals surface area contributed by atoms with Crippen molar-refractivity contribution in [3.05, 3.63) is 53.6 Å². The number of aromatic carboxylic acids is 1. The molecule has 3 rings (SSSR count). The Hall–Kier alpha value is -3.75. The number of esters is 1. The normalized spacial score (nSPS) is 11.2. The predicted molar refractivity (Wildman–Crippen MR) is 107 cm³/mol. The summed E-state index contributed by atoms with van der Waals surface area (Å²) in [5, 5.41) is 21.4. The fourth-order valence-electron chi connectivity index (χ4n) is 2.49. The molecule has 0 spiro atoms. The van der Waals surface area contributed by atoms with E-state index in [1.165, 1.54) is 24.0 Å². The quantitative estimate of drug-likeness (QED) is 0.487. The summed E-state index contributed by atoms with van der Waals surface area (Å²) in [4.78, 5) is 24.5. The molecule has 0 atom stereocenters. The van der Waals surface area contributed by atoms with Crippen molar-refractivity contribution in [1.82, 2.24) is 20.2 Å². The number of hydrogen-bond acceptors (Lipinski definition) is 7. The molecule has 156 valence electrons. The van der Waals surface area contributed by atoms with E-state index in [-0.39, 0.29) is 11.5 Å². The Morgan fingerprint density at radius 2 is 1.77 bits per heavy atom. The molecule has 30 heavy (non-hydrogen) atoms. The van der Waals surface area contributed by atoms with Gasteiger partial charge in [0.1, 0.15) is 0 Å². The lowest BCUT2D eigenvalue weighted by Gasteiger charge is -2.17. The molecule has 0 unspecified atom stereocenters. The maximum atomic E-state index is 12.1. The Balaban J connectivity index is 1.77. The second-order valence-corrected chi connectivity index (χ2v) is 7.65. The zero-order valence-electron chi connectivity index (χ0n) is 17.1. The van der Waals surface area contributed by atoms with Crippen molar-refractivity contribution >= 4 is 11.9 Å². The number of tetrazole rings is 1. The molecule has 0 bridgehead atoms. The third kappa shape index (κ3) is 4.80. The lowest BCUT2D eigenvalue weighted by Crippen LogP contribution is -2.25. The van der Waals surface area contributed by atoms with Crippen molar-refractivity contribution in [2.75, 3.05) is 7.11 Å². The van der Waals surface area contributed by atoms with Gasteiger partial charge >= 0.3 is 11.9 Å². The summed E-state index contributed by atoms with van der Waals surface area (Å²) >= 11 is 0. The number of methoxy groups -OCH3 is 1. The summed E-state index contributed by atoms with van der Waals surface area (Å²) in [5.41, 5.74) is 1.06. The van der Waals surface area contributed by atoms with Gasteiger partial charge in [-0.15, -0.1) is 10.2 Å². The highest BCUT2D eigenvalue weighted by atomic mass is 16.6. The maximum absolute atomic E-state index is 12.1. The summed E-state index contributed by atoms with van der Waals surface area (Å²) in [5.74, 6) is -0.276. The van der Waals surface area contributed by atoms with Crippen molar-refractivity contribution in [2.24, 2.45) is 5.41 Å².